The number of fused-ring (bicyclic) bond motifs is 1. The second-order valence-electron chi connectivity index (χ2n) is 5.59. The molecule has 0 unspecified atom stereocenters. The van der Waals surface area contributed by atoms with Crippen LogP contribution in [0.5, 0.6) is 5.75 Å². The van der Waals surface area contributed by atoms with E-state index in [0.29, 0.717) is 22.6 Å². The molecule has 26 heavy (non-hydrogen) atoms. The topological polar surface area (TPSA) is 114 Å². The number of ether oxygens (including phenoxy) is 1. The first-order chi connectivity index (χ1) is 12.4. The Morgan fingerprint density at radius 1 is 0.923 bits per heavy atom. The van der Waals surface area contributed by atoms with Crippen LogP contribution in [0.1, 0.15) is 15.9 Å². The Kier molecular flexibility index (Phi) is 4.81. The molecule has 130 valence electrons. The Hall–Kier alpha value is -3.45. The summed E-state index contributed by atoms with van der Waals surface area (Å²) in [6.45, 7) is 0. The largest absolute Gasteiger partial charge is 0.423 e. The molecule has 0 saturated heterocycles. The van der Waals surface area contributed by atoms with Gasteiger partial charge in [0.05, 0.1) is 5.56 Å². The number of nitrogen functional groups attached to an aromatic ring is 1. The number of rotatable bonds is 4. The average Bonchev–Trinajstić information content (AvgIpc) is 2.61. The minimum Gasteiger partial charge on any atom is -0.423 e. The molecule has 0 radical (unpaired) electrons. The number of thiocarbonyl (C=S) groups is 1. The Bertz CT molecular complexity index is 1020. The van der Waals surface area contributed by atoms with Crippen molar-refractivity contribution in [2.24, 2.45) is 11.5 Å². The van der Waals surface area contributed by atoms with E-state index in [9.17, 15) is 4.79 Å². The fourth-order valence-corrected chi connectivity index (χ4v) is 2.57. The van der Waals surface area contributed by atoms with Gasteiger partial charge in [0.2, 0.25) is 0 Å². The first-order valence-electron chi connectivity index (χ1n) is 7.69. The number of hydrogen-bond acceptors (Lipinski definition) is 4. The number of nitrogens with two attached hydrogens (primary N) is 2. The van der Waals surface area contributed by atoms with Crippen molar-refractivity contribution >= 4 is 45.6 Å². The number of anilines is 1. The van der Waals surface area contributed by atoms with Crippen LogP contribution in [-0.2, 0) is 0 Å². The van der Waals surface area contributed by atoms with Gasteiger partial charge in [-0.2, -0.15) is 0 Å². The lowest BCUT2D eigenvalue weighted by Crippen LogP contribution is -2.18. The van der Waals surface area contributed by atoms with Crippen LogP contribution in [0.25, 0.3) is 10.8 Å². The van der Waals surface area contributed by atoms with Gasteiger partial charge in [-0.3, -0.25) is 5.41 Å². The molecule has 0 heterocycles. The van der Waals surface area contributed by atoms with Crippen molar-refractivity contribution < 1.29 is 9.53 Å². The van der Waals surface area contributed by atoms with Crippen LogP contribution in [0.15, 0.2) is 60.7 Å². The molecule has 0 aliphatic heterocycles. The molecule has 7 heteroatoms. The average molecular weight is 364 g/mol. The summed E-state index contributed by atoms with van der Waals surface area (Å²) in [5.41, 5.74) is 12.7. The summed E-state index contributed by atoms with van der Waals surface area (Å²) in [4.78, 5) is 12.3. The first kappa shape index (κ1) is 17.4. The number of esters is 1. The third-order valence-corrected chi connectivity index (χ3v) is 3.82. The smallest absolute Gasteiger partial charge is 0.343 e. The maximum Gasteiger partial charge on any atom is 0.343 e. The molecule has 0 bridgehead atoms. The summed E-state index contributed by atoms with van der Waals surface area (Å²) in [6, 6.07) is 17.3. The molecule has 0 atom stereocenters. The zero-order valence-electron chi connectivity index (χ0n) is 13.7. The minimum atomic E-state index is -0.466. The number of carbonyl (C=O) groups excluding carboxylic acids is 1. The highest BCUT2D eigenvalue weighted by Gasteiger charge is 2.09. The van der Waals surface area contributed by atoms with Gasteiger partial charge in [0.25, 0.3) is 0 Å². The monoisotopic (exact) mass is 364 g/mol. The van der Waals surface area contributed by atoms with E-state index in [0.717, 1.165) is 10.8 Å². The van der Waals surface area contributed by atoms with Gasteiger partial charge in [-0.15, -0.1) is 0 Å². The van der Waals surface area contributed by atoms with E-state index in [1.165, 1.54) is 0 Å². The summed E-state index contributed by atoms with van der Waals surface area (Å²) < 4.78 is 5.43. The molecule has 0 saturated carbocycles. The molecule has 6 N–H and O–H groups in total. The van der Waals surface area contributed by atoms with Crippen molar-refractivity contribution in [3.63, 3.8) is 0 Å². The molecule has 0 aliphatic carbocycles. The summed E-state index contributed by atoms with van der Waals surface area (Å²) in [7, 11) is 0. The molecule has 3 rings (SSSR count). The van der Waals surface area contributed by atoms with Crippen LogP contribution in [0.2, 0.25) is 0 Å². The molecular formula is C19H16N4O2S. The maximum atomic E-state index is 12.3. The van der Waals surface area contributed by atoms with E-state index in [1.54, 1.807) is 42.5 Å². The van der Waals surface area contributed by atoms with Gasteiger partial charge in [-0.05, 0) is 65.5 Å². The first-order valence-corrected chi connectivity index (χ1v) is 8.10. The lowest BCUT2D eigenvalue weighted by Gasteiger charge is -2.08. The normalized spacial score (nSPS) is 10.3. The summed E-state index contributed by atoms with van der Waals surface area (Å²) >= 11 is 4.77. The van der Waals surface area contributed by atoms with E-state index in [2.05, 4.69) is 5.32 Å². The third-order valence-electron chi connectivity index (χ3n) is 3.72. The molecule has 0 aliphatic rings. The zero-order chi connectivity index (χ0) is 18.7. The van der Waals surface area contributed by atoms with Crippen LogP contribution in [0.3, 0.4) is 0 Å². The van der Waals surface area contributed by atoms with Crippen molar-refractivity contribution in [2.45, 2.75) is 0 Å². The van der Waals surface area contributed by atoms with Crippen LogP contribution in [0.4, 0.5) is 5.69 Å². The third kappa shape index (κ3) is 3.96. The lowest BCUT2D eigenvalue weighted by molar-refractivity contribution is 0.0735. The van der Waals surface area contributed by atoms with Crippen LogP contribution in [-0.4, -0.2) is 16.9 Å². The van der Waals surface area contributed by atoms with Gasteiger partial charge in [0.15, 0.2) is 5.11 Å². The fraction of sp³-hybridized carbons (Fsp3) is 0. The standard InChI is InChI=1S/C19H16N4O2S/c20-17(21)14-2-1-13-10-16(8-5-12(13)9-14)25-18(24)11-3-6-15(7-4-11)23-19(22)26/h1-10H,(H3,20,21)(H3,22,23,26). The molecule has 3 aromatic carbocycles. The van der Waals surface area contributed by atoms with Crippen molar-refractivity contribution in [1.82, 2.24) is 0 Å². The second kappa shape index (κ2) is 7.20. The summed E-state index contributed by atoms with van der Waals surface area (Å²) in [5.74, 6) is -0.0225. The van der Waals surface area contributed by atoms with Crippen LogP contribution >= 0.6 is 12.2 Å². The predicted octanol–water partition coefficient (Wildman–Crippen LogP) is 3.00. The number of benzene rings is 3. The molecule has 6 nitrogen and oxygen atoms in total. The van der Waals surface area contributed by atoms with Gasteiger partial charge < -0.3 is 21.5 Å². The quantitative estimate of drug-likeness (QED) is 0.186. The highest BCUT2D eigenvalue weighted by atomic mass is 32.1. The van der Waals surface area contributed by atoms with E-state index in [-0.39, 0.29) is 10.9 Å². The van der Waals surface area contributed by atoms with E-state index < -0.39 is 5.97 Å². The SMILES string of the molecule is N=C(N)c1ccc2cc(OC(=O)c3ccc(NC(N)=S)cc3)ccc2c1. The van der Waals surface area contributed by atoms with Gasteiger partial charge in [-0.25, -0.2) is 4.79 Å². The number of hydrogen-bond donors (Lipinski definition) is 4. The van der Waals surface area contributed by atoms with Crippen molar-refractivity contribution in [3.05, 3.63) is 71.8 Å². The van der Waals surface area contributed by atoms with Gasteiger partial charge in [-0.1, -0.05) is 18.2 Å². The lowest BCUT2D eigenvalue weighted by atomic mass is 10.1. The number of nitrogens with one attached hydrogen (secondary N) is 2. The summed E-state index contributed by atoms with van der Waals surface area (Å²) in [5, 5.41) is 12.2. The van der Waals surface area contributed by atoms with E-state index in [4.69, 9.17) is 33.8 Å². The second-order valence-corrected chi connectivity index (χ2v) is 6.03. The van der Waals surface area contributed by atoms with Crippen molar-refractivity contribution in [1.29, 1.82) is 5.41 Å². The number of carbonyl (C=O) groups is 1. The zero-order valence-corrected chi connectivity index (χ0v) is 14.5. The van der Waals surface area contributed by atoms with Gasteiger partial charge >= 0.3 is 5.97 Å². The molecular weight excluding hydrogens is 348 g/mol. The molecule has 3 aromatic rings. The Morgan fingerprint density at radius 3 is 2.19 bits per heavy atom. The molecule has 0 fully saturated rings. The minimum absolute atomic E-state index is 0.00994. The van der Waals surface area contributed by atoms with Gasteiger partial charge in [0.1, 0.15) is 11.6 Å². The highest BCUT2D eigenvalue weighted by molar-refractivity contribution is 7.80. The number of amidine groups is 1. The van der Waals surface area contributed by atoms with E-state index >= 15 is 0 Å². The fourth-order valence-electron chi connectivity index (χ4n) is 2.45. The van der Waals surface area contributed by atoms with Gasteiger partial charge in [0, 0.05) is 11.3 Å². The Labute approximate surface area is 155 Å². The van der Waals surface area contributed by atoms with Crippen LogP contribution < -0.4 is 21.5 Å². The van der Waals surface area contributed by atoms with Crippen molar-refractivity contribution in [2.75, 3.05) is 5.32 Å². The van der Waals surface area contributed by atoms with E-state index in [1.807, 2.05) is 18.2 Å². The predicted molar refractivity (Wildman–Crippen MR) is 107 cm³/mol. The molecule has 0 spiro atoms. The molecule has 0 aromatic heterocycles. The summed E-state index contributed by atoms with van der Waals surface area (Å²) in [6.07, 6.45) is 0. The maximum absolute atomic E-state index is 12.3. The van der Waals surface area contributed by atoms with Crippen LogP contribution in [0, 0.1) is 5.41 Å². The van der Waals surface area contributed by atoms with Crippen molar-refractivity contribution in [3.8, 4) is 5.75 Å². The molecule has 0 amide bonds. The Morgan fingerprint density at radius 2 is 1.54 bits per heavy atom. The highest BCUT2D eigenvalue weighted by Crippen LogP contribution is 2.23. The Balaban J connectivity index is 1.77.